The number of hydrogen-bond donors (Lipinski definition) is 1. The Morgan fingerprint density at radius 3 is 2.76 bits per heavy atom. The molecule has 1 aliphatic carbocycles. The zero-order chi connectivity index (χ0) is 15.1. The van der Waals surface area contributed by atoms with Crippen molar-refractivity contribution in [2.75, 3.05) is 7.11 Å². The van der Waals surface area contributed by atoms with Crippen molar-refractivity contribution in [3.63, 3.8) is 0 Å². The number of aliphatic carboxylic acids is 1. The van der Waals surface area contributed by atoms with Crippen LogP contribution in [0.25, 0.3) is 0 Å². The first-order valence-corrected chi connectivity index (χ1v) is 6.97. The van der Waals surface area contributed by atoms with Gasteiger partial charge in [0.15, 0.2) is 0 Å². The van der Waals surface area contributed by atoms with Gasteiger partial charge in [0.1, 0.15) is 0 Å². The van der Waals surface area contributed by atoms with Gasteiger partial charge in [-0.25, -0.2) is 4.79 Å². The summed E-state index contributed by atoms with van der Waals surface area (Å²) in [5, 5.41) is 9.36. The van der Waals surface area contributed by atoms with E-state index in [4.69, 9.17) is 4.74 Å². The number of methoxy groups -OCH3 is 1. The molecule has 0 unspecified atom stereocenters. The molecular weight excluding hydrogens is 266 g/mol. The van der Waals surface area contributed by atoms with Crippen LogP contribution in [0.15, 0.2) is 58.8 Å². The highest BCUT2D eigenvalue weighted by Crippen LogP contribution is 2.17. The van der Waals surface area contributed by atoms with Crippen LogP contribution in [0.1, 0.15) is 24.8 Å². The lowest BCUT2D eigenvalue weighted by Gasteiger charge is -2.12. The van der Waals surface area contributed by atoms with Crippen molar-refractivity contribution in [2.45, 2.75) is 25.8 Å². The van der Waals surface area contributed by atoms with Gasteiger partial charge in [0.05, 0.1) is 30.7 Å². The number of benzene rings is 1. The smallest absolute Gasteiger partial charge is 0.337 e. The zero-order valence-corrected chi connectivity index (χ0v) is 12.1. The molecule has 0 atom stereocenters. The number of carboxylic acids is 1. The molecule has 21 heavy (non-hydrogen) atoms. The van der Waals surface area contributed by atoms with E-state index in [0.717, 1.165) is 24.2 Å². The van der Waals surface area contributed by atoms with E-state index in [0.29, 0.717) is 18.7 Å². The second-order valence-corrected chi connectivity index (χ2v) is 4.82. The Kier molecular flexibility index (Phi) is 5.32. The van der Waals surface area contributed by atoms with Gasteiger partial charge in [0.25, 0.3) is 0 Å². The molecule has 0 aromatic heterocycles. The van der Waals surface area contributed by atoms with E-state index in [1.165, 1.54) is 0 Å². The summed E-state index contributed by atoms with van der Waals surface area (Å²) in [5.41, 5.74) is 1.77. The minimum Gasteiger partial charge on any atom is -0.501 e. The molecule has 1 N–H and O–H groups in total. The number of nitrogens with zero attached hydrogens (tertiary/aromatic N) is 1. The maximum absolute atomic E-state index is 11.4. The first-order chi connectivity index (χ1) is 10.2. The Morgan fingerprint density at radius 1 is 1.33 bits per heavy atom. The van der Waals surface area contributed by atoms with Crippen LogP contribution in [0.2, 0.25) is 0 Å². The molecule has 4 heteroatoms. The largest absolute Gasteiger partial charge is 0.501 e. The summed E-state index contributed by atoms with van der Waals surface area (Å²) in [6.45, 7) is 0.453. The second kappa shape index (κ2) is 7.43. The minimum absolute atomic E-state index is 0.250. The van der Waals surface area contributed by atoms with Gasteiger partial charge >= 0.3 is 5.97 Å². The Morgan fingerprint density at radius 2 is 2.10 bits per heavy atom. The van der Waals surface area contributed by atoms with Crippen LogP contribution in [0.5, 0.6) is 0 Å². The molecule has 1 aromatic rings. The molecule has 0 saturated carbocycles. The summed E-state index contributed by atoms with van der Waals surface area (Å²) < 4.78 is 5.30. The number of carbonyl (C=O) groups is 1. The SMILES string of the molecule is CO/C1=C/C(=NCc2ccccc2)/C(C(=O)O)=C\CCC1. The highest BCUT2D eigenvalue weighted by molar-refractivity contribution is 6.24. The van der Waals surface area contributed by atoms with Gasteiger partial charge < -0.3 is 9.84 Å². The quantitative estimate of drug-likeness (QED) is 0.922. The van der Waals surface area contributed by atoms with E-state index in [-0.39, 0.29) is 5.57 Å². The Labute approximate surface area is 124 Å². The maximum atomic E-state index is 11.4. The molecule has 0 amide bonds. The highest BCUT2D eigenvalue weighted by Gasteiger charge is 2.16. The lowest BCUT2D eigenvalue weighted by molar-refractivity contribution is -0.132. The maximum Gasteiger partial charge on any atom is 0.337 e. The monoisotopic (exact) mass is 285 g/mol. The Bertz CT molecular complexity index is 585. The number of allylic oxidation sites excluding steroid dienone is 3. The van der Waals surface area contributed by atoms with E-state index >= 15 is 0 Å². The van der Waals surface area contributed by atoms with Gasteiger partial charge in [0.2, 0.25) is 0 Å². The summed E-state index contributed by atoms with van der Waals surface area (Å²) >= 11 is 0. The standard InChI is InChI=1S/C17H19NO3/c1-21-14-9-5-6-10-15(17(19)20)16(11-14)18-12-13-7-3-2-4-8-13/h2-4,7-8,10-11H,5-6,9,12H2,1H3,(H,19,20)/b14-11+,15-10+,18-16?. The van der Waals surface area contributed by atoms with Gasteiger partial charge in [0, 0.05) is 12.5 Å². The molecule has 0 aliphatic heterocycles. The van der Waals surface area contributed by atoms with E-state index in [1.54, 1.807) is 19.3 Å². The molecule has 0 saturated heterocycles. The molecule has 0 spiro atoms. The third kappa shape index (κ3) is 4.31. The topological polar surface area (TPSA) is 58.9 Å². The molecule has 0 radical (unpaired) electrons. The van der Waals surface area contributed by atoms with Crippen LogP contribution in [-0.2, 0) is 16.1 Å². The van der Waals surface area contributed by atoms with Crippen molar-refractivity contribution in [3.8, 4) is 0 Å². The van der Waals surface area contributed by atoms with Crippen molar-refractivity contribution >= 4 is 11.7 Å². The Balaban J connectivity index is 2.31. The number of aliphatic imine (C=N–C) groups is 1. The van der Waals surface area contributed by atoms with Crippen molar-refractivity contribution in [3.05, 3.63) is 59.4 Å². The summed E-state index contributed by atoms with van der Waals surface area (Å²) in [7, 11) is 1.60. The molecule has 0 fully saturated rings. The lowest BCUT2D eigenvalue weighted by Crippen LogP contribution is -2.13. The number of ether oxygens (including phenoxy) is 1. The van der Waals surface area contributed by atoms with Crippen LogP contribution in [-0.4, -0.2) is 23.9 Å². The third-order valence-electron chi connectivity index (χ3n) is 3.32. The summed E-state index contributed by atoms with van der Waals surface area (Å²) in [4.78, 5) is 15.9. The number of carboxylic acid groups (broad SMARTS) is 1. The van der Waals surface area contributed by atoms with Crippen molar-refractivity contribution in [1.29, 1.82) is 0 Å². The average molecular weight is 285 g/mol. The van der Waals surface area contributed by atoms with Crippen molar-refractivity contribution in [1.82, 2.24) is 0 Å². The highest BCUT2D eigenvalue weighted by atomic mass is 16.5. The van der Waals surface area contributed by atoms with Gasteiger partial charge in [-0.05, 0) is 18.4 Å². The first kappa shape index (κ1) is 15.0. The van der Waals surface area contributed by atoms with Gasteiger partial charge in [-0.1, -0.05) is 36.4 Å². The Hall–Kier alpha value is -2.36. The van der Waals surface area contributed by atoms with E-state index in [9.17, 15) is 9.90 Å². The molecular formula is C17H19NO3. The fourth-order valence-electron chi connectivity index (χ4n) is 2.18. The number of hydrogen-bond acceptors (Lipinski definition) is 3. The average Bonchev–Trinajstić information content (AvgIpc) is 2.47. The van der Waals surface area contributed by atoms with E-state index in [1.807, 2.05) is 30.3 Å². The molecule has 1 aliphatic rings. The van der Waals surface area contributed by atoms with E-state index < -0.39 is 5.97 Å². The molecule has 2 rings (SSSR count). The summed E-state index contributed by atoms with van der Waals surface area (Å²) in [5.74, 6) is -0.177. The van der Waals surface area contributed by atoms with Crippen LogP contribution in [0.3, 0.4) is 0 Å². The molecule has 4 nitrogen and oxygen atoms in total. The molecule has 0 heterocycles. The summed E-state index contributed by atoms with van der Waals surface area (Å²) in [6, 6.07) is 9.77. The minimum atomic E-state index is -0.949. The van der Waals surface area contributed by atoms with E-state index in [2.05, 4.69) is 4.99 Å². The van der Waals surface area contributed by atoms with Gasteiger partial charge in [-0.3, -0.25) is 4.99 Å². The van der Waals surface area contributed by atoms with Crippen LogP contribution in [0, 0.1) is 0 Å². The predicted molar refractivity (Wildman–Crippen MR) is 82.2 cm³/mol. The van der Waals surface area contributed by atoms with Gasteiger partial charge in [-0.2, -0.15) is 0 Å². The van der Waals surface area contributed by atoms with Crippen molar-refractivity contribution in [2.24, 2.45) is 4.99 Å². The molecule has 1 aromatic carbocycles. The fourth-order valence-corrected chi connectivity index (χ4v) is 2.18. The molecule has 0 bridgehead atoms. The summed E-state index contributed by atoms with van der Waals surface area (Å²) in [6.07, 6.45) is 5.87. The van der Waals surface area contributed by atoms with Gasteiger partial charge in [-0.15, -0.1) is 0 Å². The molecule has 110 valence electrons. The van der Waals surface area contributed by atoms with Crippen LogP contribution in [0.4, 0.5) is 0 Å². The normalized spacial score (nSPS) is 22.4. The van der Waals surface area contributed by atoms with Crippen molar-refractivity contribution < 1.29 is 14.6 Å². The van der Waals surface area contributed by atoms with Crippen LogP contribution >= 0.6 is 0 Å². The first-order valence-electron chi connectivity index (χ1n) is 6.97. The fraction of sp³-hybridized carbons (Fsp3) is 0.294. The number of rotatable bonds is 4. The third-order valence-corrected chi connectivity index (χ3v) is 3.32. The zero-order valence-electron chi connectivity index (χ0n) is 12.1. The van der Waals surface area contributed by atoms with Crippen LogP contribution < -0.4 is 0 Å². The second-order valence-electron chi connectivity index (χ2n) is 4.82. The predicted octanol–water partition coefficient (Wildman–Crippen LogP) is 3.35. The lowest BCUT2D eigenvalue weighted by atomic mass is 10.0.